The maximum Gasteiger partial charge on any atom is 0.225 e. The van der Waals surface area contributed by atoms with Gasteiger partial charge < -0.3 is 15.0 Å². The second kappa shape index (κ2) is 6.06. The van der Waals surface area contributed by atoms with Gasteiger partial charge in [-0.15, -0.1) is 0 Å². The number of nitrogens with zero attached hydrogens (tertiary/aromatic N) is 3. The average molecular weight is 276 g/mol. The second-order valence-electron chi connectivity index (χ2n) is 5.89. The maximum absolute atomic E-state index is 5.41. The normalized spacial score (nSPS) is 20.1. The van der Waals surface area contributed by atoms with Crippen molar-refractivity contribution in [2.75, 3.05) is 25.2 Å². The molecular weight excluding hydrogens is 252 g/mol. The molecule has 0 spiro atoms. The summed E-state index contributed by atoms with van der Waals surface area (Å²) in [5.41, 5.74) is 2.29. The fraction of sp³-hybridized carbons (Fsp3) is 0.733. The molecule has 0 atom stereocenters. The summed E-state index contributed by atoms with van der Waals surface area (Å²) >= 11 is 0. The lowest BCUT2D eigenvalue weighted by molar-refractivity contribution is 0.0852. The molecular formula is C15H24N4O. The Bertz CT molecular complexity index is 455. The van der Waals surface area contributed by atoms with Crippen LogP contribution in [0, 0.1) is 6.92 Å². The van der Waals surface area contributed by atoms with E-state index in [9.17, 15) is 0 Å². The van der Waals surface area contributed by atoms with Gasteiger partial charge in [0.15, 0.2) is 0 Å². The quantitative estimate of drug-likeness (QED) is 0.886. The Labute approximate surface area is 120 Å². The molecule has 1 saturated carbocycles. The van der Waals surface area contributed by atoms with Crippen molar-refractivity contribution in [2.24, 2.45) is 0 Å². The van der Waals surface area contributed by atoms with Gasteiger partial charge in [-0.25, -0.2) is 9.97 Å². The molecule has 1 aliphatic carbocycles. The van der Waals surface area contributed by atoms with E-state index in [1.165, 1.54) is 18.4 Å². The molecule has 20 heavy (non-hydrogen) atoms. The average Bonchev–Trinajstić information content (AvgIpc) is 3.30. The van der Waals surface area contributed by atoms with Gasteiger partial charge in [-0.1, -0.05) is 0 Å². The van der Waals surface area contributed by atoms with Gasteiger partial charge in [0.05, 0.1) is 0 Å². The van der Waals surface area contributed by atoms with E-state index in [4.69, 9.17) is 4.74 Å². The van der Waals surface area contributed by atoms with Gasteiger partial charge in [-0.05, 0) is 32.6 Å². The summed E-state index contributed by atoms with van der Waals surface area (Å²) in [5.74, 6) is 0.838. The largest absolute Gasteiger partial charge is 0.381 e. The summed E-state index contributed by atoms with van der Waals surface area (Å²) < 4.78 is 5.41. The summed E-state index contributed by atoms with van der Waals surface area (Å²) in [4.78, 5) is 11.4. The van der Waals surface area contributed by atoms with E-state index in [0.717, 1.165) is 50.3 Å². The highest BCUT2D eigenvalue weighted by Crippen LogP contribution is 2.21. The van der Waals surface area contributed by atoms with Crippen LogP contribution in [0.15, 0.2) is 6.20 Å². The number of nitrogens with one attached hydrogen (secondary N) is 1. The van der Waals surface area contributed by atoms with Crippen molar-refractivity contribution in [1.82, 2.24) is 15.3 Å². The highest BCUT2D eigenvalue weighted by Gasteiger charge is 2.22. The Balaban J connectivity index is 1.64. The maximum atomic E-state index is 5.41. The van der Waals surface area contributed by atoms with E-state index in [1.54, 1.807) is 0 Å². The van der Waals surface area contributed by atoms with Crippen LogP contribution in [0.5, 0.6) is 0 Å². The second-order valence-corrected chi connectivity index (χ2v) is 5.89. The van der Waals surface area contributed by atoms with Crippen molar-refractivity contribution in [3.05, 3.63) is 17.5 Å². The van der Waals surface area contributed by atoms with Crippen LogP contribution in [0.2, 0.25) is 0 Å². The van der Waals surface area contributed by atoms with Gasteiger partial charge >= 0.3 is 0 Å². The van der Waals surface area contributed by atoms with Crippen LogP contribution in [-0.2, 0) is 11.3 Å². The molecule has 2 heterocycles. The van der Waals surface area contributed by atoms with E-state index in [0.29, 0.717) is 6.04 Å². The third kappa shape index (κ3) is 3.27. The Hall–Kier alpha value is -1.20. The Morgan fingerprint density at radius 2 is 2.05 bits per heavy atom. The van der Waals surface area contributed by atoms with E-state index >= 15 is 0 Å². The number of aromatic nitrogens is 2. The fourth-order valence-corrected chi connectivity index (χ4v) is 2.60. The van der Waals surface area contributed by atoms with Crippen molar-refractivity contribution >= 4 is 5.95 Å². The van der Waals surface area contributed by atoms with Gasteiger partial charge in [0.2, 0.25) is 5.95 Å². The number of aryl methyl sites for hydroxylation is 1. The van der Waals surface area contributed by atoms with Gasteiger partial charge in [0.1, 0.15) is 0 Å². The molecule has 0 radical (unpaired) electrons. The van der Waals surface area contributed by atoms with Crippen LogP contribution in [0.3, 0.4) is 0 Å². The van der Waals surface area contributed by atoms with Crippen LogP contribution in [0.25, 0.3) is 0 Å². The lowest BCUT2D eigenvalue weighted by atomic mass is 10.1. The van der Waals surface area contributed by atoms with Crippen LogP contribution in [0.4, 0.5) is 5.95 Å². The minimum absolute atomic E-state index is 0.499. The predicted octanol–water partition coefficient (Wildman–Crippen LogP) is 1.65. The summed E-state index contributed by atoms with van der Waals surface area (Å²) in [6.07, 6.45) is 6.71. The van der Waals surface area contributed by atoms with Crippen molar-refractivity contribution in [3.63, 3.8) is 0 Å². The molecule has 1 aliphatic heterocycles. The Kier molecular flexibility index (Phi) is 4.17. The first kappa shape index (κ1) is 13.8. The van der Waals surface area contributed by atoms with E-state index in [-0.39, 0.29) is 0 Å². The number of rotatable bonds is 5. The van der Waals surface area contributed by atoms with E-state index in [2.05, 4.69) is 34.2 Å². The van der Waals surface area contributed by atoms with Crippen molar-refractivity contribution in [2.45, 2.75) is 51.2 Å². The van der Waals surface area contributed by atoms with Crippen molar-refractivity contribution < 1.29 is 4.74 Å². The SMILES string of the molecule is Cc1nc(N(C)C2CCOCC2)ncc1CNC1CC1. The Morgan fingerprint density at radius 1 is 1.30 bits per heavy atom. The zero-order chi connectivity index (χ0) is 13.9. The Morgan fingerprint density at radius 3 is 2.70 bits per heavy atom. The molecule has 1 N–H and O–H groups in total. The summed E-state index contributed by atoms with van der Waals surface area (Å²) in [7, 11) is 2.09. The monoisotopic (exact) mass is 276 g/mol. The third-order valence-electron chi connectivity index (χ3n) is 4.28. The minimum atomic E-state index is 0.499. The highest BCUT2D eigenvalue weighted by atomic mass is 16.5. The zero-order valence-electron chi connectivity index (χ0n) is 12.4. The van der Waals surface area contributed by atoms with Crippen LogP contribution in [0.1, 0.15) is 36.9 Å². The van der Waals surface area contributed by atoms with Crippen molar-refractivity contribution in [1.29, 1.82) is 0 Å². The summed E-state index contributed by atoms with van der Waals surface area (Å²) in [6.45, 7) is 4.65. The molecule has 1 saturated heterocycles. The molecule has 0 aromatic carbocycles. The number of hydrogen-bond donors (Lipinski definition) is 1. The van der Waals surface area contributed by atoms with Crippen LogP contribution >= 0.6 is 0 Å². The van der Waals surface area contributed by atoms with Gasteiger partial charge in [-0.3, -0.25) is 0 Å². The molecule has 110 valence electrons. The lowest BCUT2D eigenvalue weighted by Crippen LogP contribution is -2.37. The first-order valence-electron chi connectivity index (χ1n) is 7.60. The highest BCUT2D eigenvalue weighted by molar-refractivity contribution is 5.33. The molecule has 2 aliphatic rings. The van der Waals surface area contributed by atoms with Gasteiger partial charge in [-0.2, -0.15) is 0 Å². The van der Waals surface area contributed by atoms with Gasteiger partial charge in [0.25, 0.3) is 0 Å². The molecule has 3 rings (SSSR count). The molecule has 5 nitrogen and oxygen atoms in total. The lowest BCUT2D eigenvalue weighted by Gasteiger charge is -2.31. The minimum Gasteiger partial charge on any atom is -0.381 e. The standard InChI is InChI=1S/C15H24N4O/c1-11-12(9-16-13-3-4-13)10-17-15(18-11)19(2)14-5-7-20-8-6-14/h10,13-14,16H,3-9H2,1-2H3. The van der Waals surface area contributed by atoms with Crippen LogP contribution in [-0.4, -0.2) is 42.3 Å². The first-order chi connectivity index (χ1) is 9.74. The number of ether oxygens (including phenoxy) is 1. The zero-order valence-corrected chi connectivity index (χ0v) is 12.4. The fourth-order valence-electron chi connectivity index (χ4n) is 2.60. The molecule has 1 aromatic heterocycles. The van der Waals surface area contributed by atoms with Crippen LogP contribution < -0.4 is 10.2 Å². The molecule has 0 amide bonds. The van der Waals surface area contributed by atoms with Gasteiger partial charge in [0, 0.05) is 56.3 Å². The smallest absolute Gasteiger partial charge is 0.225 e. The number of anilines is 1. The summed E-state index contributed by atoms with van der Waals surface area (Å²) in [5, 5.41) is 3.52. The third-order valence-corrected chi connectivity index (χ3v) is 4.28. The molecule has 5 heteroatoms. The molecule has 0 bridgehead atoms. The molecule has 1 aromatic rings. The predicted molar refractivity (Wildman–Crippen MR) is 78.9 cm³/mol. The van der Waals surface area contributed by atoms with E-state index in [1.807, 2.05) is 6.20 Å². The first-order valence-corrected chi connectivity index (χ1v) is 7.60. The number of hydrogen-bond acceptors (Lipinski definition) is 5. The van der Waals surface area contributed by atoms with E-state index < -0.39 is 0 Å². The van der Waals surface area contributed by atoms with Crippen molar-refractivity contribution in [3.8, 4) is 0 Å². The molecule has 2 fully saturated rings. The summed E-state index contributed by atoms with van der Waals surface area (Å²) in [6, 6.07) is 1.22. The molecule has 0 unspecified atom stereocenters. The topological polar surface area (TPSA) is 50.3 Å².